The molecule has 202 valence electrons. The fraction of sp³-hybridized carbons (Fsp3) is 0.607. The molecule has 0 aromatic heterocycles. The van der Waals surface area contributed by atoms with Crippen molar-refractivity contribution < 1.29 is 24.0 Å². The van der Waals surface area contributed by atoms with Crippen molar-refractivity contribution in [2.24, 2.45) is 17.8 Å². The lowest BCUT2D eigenvalue weighted by Gasteiger charge is -2.35. The summed E-state index contributed by atoms with van der Waals surface area (Å²) >= 11 is 0. The Morgan fingerprint density at radius 3 is 2.19 bits per heavy atom. The molecule has 2 aliphatic rings. The van der Waals surface area contributed by atoms with E-state index in [1.54, 1.807) is 13.8 Å². The van der Waals surface area contributed by atoms with Crippen molar-refractivity contribution in [2.45, 2.75) is 84.3 Å². The van der Waals surface area contributed by atoms with E-state index in [1.165, 1.54) is 13.3 Å². The molecular weight excluding hydrogens is 472 g/mol. The smallest absolute Gasteiger partial charge is 0.318 e. The molecule has 5 amide bonds. The maximum Gasteiger partial charge on any atom is 0.318 e. The Bertz CT molecular complexity index is 990. The predicted octanol–water partition coefficient (Wildman–Crippen LogP) is 3.10. The molecule has 1 saturated carbocycles. The Morgan fingerprint density at radius 2 is 1.65 bits per heavy atom. The molecule has 3 N–H and O–H groups in total. The Morgan fingerprint density at radius 1 is 1.00 bits per heavy atom. The molecule has 1 aliphatic heterocycles. The first-order valence-electron chi connectivity index (χ1n) is 13.4. The third kappa shape index (κ3) is 6.96. The molecule has 1 aliphatic carbocycles. The van der Waals surface area contributed by atoms with Crippen LogP contribution in [0.3, 0.4) is 0 Å². The van der Waals surface area contributed by atoms with Gasteiger partial charge in [-0.3, -0.25) is 24.5 Å². The fourth-order valence-electron chi connectivity index (χ4n) is 5.37. The van der Waals surface area contributed by atoms with E-state index in [9.17, 15) is 24.0 Å². The summed E-state index contributed by atoms with van der Waals surface area (Å²) < 4.78 is 0. The highest BCUT2D eigenvalue weighted by Gasteiger charge is 2.46. The third-order valence-electron chi connectivity index (χ3n) is 7.54. The minimum Gasteiger partial charge on any atom is -0.346 e. The summed E-state index contributed by atoms with van der Waals surface area (Å²) in [7, 11) is 0. The van der Waals surface area contributed by atoms with Gasteiger partial charge in [0.25, 0.3) is 0 Å². The van der Waals surface area contributed by atoms with Crippen LogP contribution in [0.25, 0.3) is 0 Å². The molecule has 1 saturated heterocycles. The third-order valence-corrected chi connectivity index (χ3v) is 7.54. The van der Waals surface area contributed by atoms with E-state index in [4.69, 9.17) is 0 Å². The van der Waals surface area contributed by atoms with Crippen LogP contribution in [0, 0.1) is 17.8 Å². The van der Waals surface area contributed by atoms with Crippen molar-refractivity contribution in [1.82, 2.24) is 20.9 Å². The van der Waals surface area contributed by atoms with E-state index < -0.39 is 47.4 Å². The lowest BCUT2D eigenvalue weighted by molar-refractivity contribution is -0.137. The first-order chi connectivity index (χ1) is 17.6. The molecule has 37 heavy (non-hydrogen) atoms. The highest BCUT2D eigenvalue weighted by Crippen LogP contribution is 2.25. The minimum absolute atomic E-state index is 0.0696. The van der Waals surface area contributed by atoms with Crippen LogP contribution in [0.4, 0.5) is 4.79 Å². The van der Waals surface area contributed by atoms with Crippen LogP contribution in [0.5, 0.6) is 0 Å². The van der Waals surface area contributed by atoms with Crippen LogP contribution in [-0.4, -0.2) is 53.1 Å². The van der Waals surface area contributed by atoms with E-state index in [1.807, 2.05) is 42.2 Å². The second kappa shape index (κ2) is 12.8. The molecule has 1 aromatic rings. The first-order valence-corrected chi connectivity index (χ1v) is 13.4. The van der Waals surface area contributed by atoms with Crippen LogP contribution < -0.4 is 16.0 Å². The van der Waals surface area contributed by atoms with E-state index in [0.717, 1.165) is 31.2 Å². The summed E-state index contributed by atoms with van der Waals surface area (Å²) in [6, 6.07) is 7.74. The van der Waals surface area contributed by atoms with Crippen LogP contribution in [0.15, 0.2) is 30.3 Å². The maximum atomic E-state index is 13.3. The average molecular weight is 513 g/mol. The van der Waals surface area contributed by atoms with Gasteiger partial charge in [0, 0.05) is 12.6 Å². The number of hydrogen-bond donors (Lipinski definition) is 3. The van der Waals surface area contributed by atoms with E-state index in [-0.39, 0.29) is 24.4 Å². The number of hydrogen-bond acceptors (Lipinski definition) is 5. The summed E-state index contributed by atoms with van der Waals surface area (Å²) in [5.74, 6) is -4.21. The Hall–Kier alpha value is -3.23. The van der Waals surface area contributed by atoms with Gasteiger partial charge in [-0.1, -0.05) is 70.4 Å². The maximum absolute atomic E-state index is 13.3. The largest absolute Gasteiger partial charge is 0.346 e. The van der Waals surface area contributed by atoms with Crippen molar-refractivity contribution in [3.8, 4) is 0 Å². The predicted molar refractivity (Wildman–Crippen MR) is 139 cm³/mol. The second-order valence-electron chi connectivity index (χ2n) is 10.5. The summed E-state index contributed by atoms with van der Waals surface area (Å²) in [5.41, 5.74) is 0.785. The topological polar surface area (TPSA) is 125 Å². The fourth-order valence-corrected chi connectivity index (χ4v) is 5.37. The number of nitrogens with zero attached hydrogens (tertiary/aromatic N) is 1. The highest BCUT2D eigenvalue weighted by atomic mass is 16.2. The van der Waals surface area contributed by atoms with Gasteiger partial charge in [0.05, 0.1) is 24.4 Å². The SMILES string of the molecule is CCN(C(=O)NC(CC(=O)N[C@H](C(=O)C1C(=O)NC(=O)[C@H]1C)C(C)C)c1ccccc1)C1CCCCC1. The number of amides is 5. The number of benzene rings is 1. The zero-order valence-corrected chi connectivity index (χ0v) is 22.3. The molecule has 9 heteroatoms. The van der Waals surface area contributed by atoms with Crippen molar-refractivity contribution in [3.63, 3.8) is 0 Å². The molecule has 1 aromatic carbocycles. The molecular formula is C28H40N4O5. The van der Waals surface area contributed by atoms with Gasteiger partial charge in [-0.2, -0.15) is 0 Å². The standard InChI is InChI=1S/C28H40N4O5/c1-5-32(20-14-10-7-11-15-20)28(37)29-21(19-12-8-6-9-13-19)16-22(33)30-24(17(2)3)25(34)23-18(4)26(35)31-27(23)36/h6,8-9,12-13,17-18,20-21,23-24H,5,7,10-11,14-16H2,1-4H3,(H,29,37)(H,30,33)(H,31,35,36)/t18-,21?,23?,24-/m0/s1. The number of nitrogens with one attached hydrogen (secondary N) is 3. The average Bonchev–Trinajstić information content (AvgIpc) is 3.14. The number of imide groups is 1. The summed E-state index contributed by atoms with van der Waals surface area (Å²) in [5, 5.41) is 8.04. The second-order valence-corrected chi connectivity index (χ2v) is 10.5. The van der Waals surface area contributed by atoms with Gasteiger partial charge in [0.15, 0.2) is 5.78 Å². The number of carbonyl (C=O) groups excluding carboxylic acids is 5. The highest BCUT2D eigenvalue weighted by molar-refractivity contribution is 6.16. The van der Waals surface area contributed by atoms with E-state index in [0.29, 0.717) is 6.54 Å². The van der Waals surface area contributed by atoms with Crippen molar-refractivity contribution in [1.29, 1.82) is 0 Å². The van der Waals surface area contributed by atoms with Crippen molar-refractivity contribution >= 4 is 29.5 Å². The van der Waals surface area contributed by atoms with Gasteiger partial charge < -0.3 is 15.5 Å². The molecule has 9 nitrogen and oxygen atoms in total. The lowest BCUT2D eigenvalue weighted by Crippen LogP contribution is -2.51. The van der Waals surface area contributed by atoms with Gasteiger partial charge in [-0.15, -0.1) is 0 Å². The molecule has 2 fully saturated rings. The van der Waals surface area contributed by atoms with Gasteiger partial charge in [-0.05, 0) is 31.2 Å². The molecule has 0 bridgehead atoms. The number of Topliss-reactive ketones (excluding diaryl/α,β-unsaturated/α-hetero) is 1. The number of carbonyl (C=O) groups is 5. The number of ketones is 1. The zero-order valence-electron chi connectivity index (χ0n) is 22.3. The van der Waals surface area contributed by atoms with Gasteiger partial charge >= 0.3 is 6.03 Å². The minimum atomic E-state index is -1.13. The normalized spacial score (nSPS) is 21.8. The molecule has 0 spiro atoms. The molecule has 0 radical (unpaired) electrons. The van der Waals surface area contributed by atoms with Crippen LogP contribution in [0.2, 0.25) is 0 Å². The van der Waals surface area contributed by atoms with Crippen LogP contribution in [0.1, 0.15) is 77.8 Å². The molecule has 2 unspecified atom stereocenters. The monoisotopic (exact) mass is 512 g/mol. The van der Waals surface area contributed by atoms with Gasteiger partial charge in [-0.25, -0.2) is 4.79 Å². The van der Waals surface area contributed by atoms with E-state index in [2.05, 4.69) is 16.0 Å². The lowest BCUT2D eigenvalue weighted by atomic mass is 9.85. The van der Waals surface area contributed by atoms with Crippen LogP contribution >= 0.6 is 0 Å². The molecule has 1 heterocycles. The molecule has 3 rings (SSSR count). The number of urea groups is 1. The number of rotatable bonds is 10. The Kier molecular flexibility index (Phi) is 9.83. The van der Waals surface area contributed by atoms with Gasteiger partial charge in [0.2, 0.25) is 17.7 Å². The first kappa shape index (κ1) is 28.3. The van der Waals surface area contributed by atoms with Crippen molar-refractivity contribution in [2.75, 3.05) is 6.54 Å². The van der Waals surface area contributed by atoms with Crippen LogP contribution in [-0.2, 0) is 19.2 Å². The summed E-state index contributed by atoms with van der Waals surface area (Å²) in [4.78, 5) is 65.7. The Labute approximate surface area is 219 Å². The van der Waals surface area contributed by atoms with Crippen molar-refractivity contribution in [3.05, 3.63) is 35.9 Å². The molecule has 4 atom stereocenters. The summed E-state index contributed by atoms with van der Waals surface area (Å²) in [6.07, 6.45) is 5.28. The quantitative estimate of drug-likeness (QED) is 0.328. The van der Waals surface area contributed by atoms with Gasteiger partial charge in [0.1, 0.15) is 5.92 Å². The Balaban J connectivity index is 1.74. The summed E-state index contributed by atoms with van der Waals surface area (Å²) in [6.45, 7) is 7.63. The zero-order chi connectivity index (χ0) is 27.1. The van der Waals surface area contributed by atoms with E-state index >= 15 is 0 Å².